The van der Waals surface area contributed by atoms with E-state index >= 15 is 0 Å². The molecule has 0 saturated heterocycles. The number of hydrogen-bond donors (Lipinski definition) is 4. The molecule has 9 heteroatoms. The Bertz CT molecular complexity index is 657. The number of halogens is 1. The van der Waals surface area contributed by atoms with Gasteiger partial charge in [0, 0.05) is 30.1 Å². The molecule has 1 aromatic rings. The first-order valence-electron chi connectivity index (χ1n) is 9.79. The van der Waals surface area contributed by atoms with Crippen LogP contribution in [-0.4, -0.2) is 42.2 Å². The summed E-state index contributed by atoms with van der Waals surface area (Å²) in [5.41, 5.74) is 6.59. The summed E-state index contributed by atoms with van der Waals surface area (Å²) >= 11 is 6.00. The van der Waals surface area contributed by atoms with Gasteiger partial charge in [0.05, 0.1) is 6.04 Å². The maximum Gasteiger partial charge on any atom is 0.407 e. The zero-order valence-corrected chi connectivity index (χ0v) is 17.2. The zero-order valence-electron chi connectivity index (χ0n) is 16.5. The number of ether oxygens (including phenoxy) is 1. The first-order chi connectivity index (χ1) is 13.9. The Morgan fingerprint density at radius 3 is 2.45 bits per heavy atom. The van der Waals surface area contributed by atoms with Crippen molar-refractivity contribution in [1.82, 2.24) is 10.6 Å². The fourth-order valence-corrected chi connectivity index (χ4v) is 2.73. The van der Waals surface area contributed by atoms with Crippen molar-refractivity contribution >= 4 is 29.6 Å². The lowest BCUT2D eigenvalue weighted by molar-refractivity contribution is -0.137. The second kappa shape index (κ2) is 14.6. The number of unbranched alkanes of at least 4 members (excludes halogenated alkanes) is 3. The Balaban J connectivity index is 2.02. The van der Waals surface area contributed by atoms with Crippen LogP contribution in [0.2, 0.25) is 5.02 Å². The molecule has 5 N–H and O–H groups in total. The molecule has 2 amide bonds. The smallest absolute Gasteiger partial charge is 0.407 e. The molecule has 0 spiro atoms. The van der Waals surface area contributed by atoms with Crippen LogP contribution in [0.25, 0.3) is 0 Å². The number of nitrogens with one attached hydrogen (secondary N) is 2. The van der Waals surface area contributed by atoms with Crippen LogP contribution in [0.1, 0.15) is 50.5 Å². The van der Waals surface area contributed by atoms with Gasteiger partial charge in [-0.3, -0.25) is 9.59 Å². The molecule has 0 heterocycles. The Morgan fingerprint density at radius 1 is 1.03 bits per heavy atom. The van der Waals surface area contributed by atoms with E-state index in [-0.39, 0.29) is 18.9 Å². The molecular weight excluding hydrogens is 398 g/mol. The number of carboxylic acids is 1. The third kappa shape index (κ3) is 12.0. The minimum Gasteiger partial charge on any atom is -0.481 e. The Labute approximate surface area is 176 Å². The molecule has 8 nitrogen and oxygen atoms in total. The number of rotatable bonds is 14. The molecule has 1 rings (SSSR count). The van der Waals surface area contributed by atoms with Crippen LogP contribution in [-0.2, 0) is 20.9 Å². The lowest BCUT2D eigenvalue weighted by Crippen LogP contribution is -2.41. The maximum absolute atomic E-state index is 11.9. The second-order valence-electron chi connectivity index (χ2n) is 6.69. The summed E-state index contributed by atoms with van der Waals surface area (Å²) in [5, 5.41) is 14.5. The highest BCUT2D eigenvalue weighted by Gasteiger charge is 2.12. The average Bonchev–Trinajstić information content (AvgIpc) is 2.69. The van der Waals surface area contributed by atoms with E-state index in [0.29, 0.717) is 43.8 Å². The number of alkyl carbamates (subject to hydrolysis) is 1. The number of carbonyl (C=O) groups is 3. The van der Waals surface area contributed by atoms with E-state index in [9.17, 15) is 14.4 Å². The van der Waals surface area contributed by atoms with Crippen LogP contribution < -0.4 is 16.4 Å². The fraction of sp³-hybridized carbons (Fsp3) is 0.550. The van der Waals surface area contributed by atoms with Gasteiger partial charge in [0.1, 0.15) is 6.61 Å². The summed E-state index contributed by atoms with van der Waals surface area (Å²) < 4.78 is 5.10. The van der Waals surface area contributed by atoms with Crippen LogP contribution >= 0.6 is 11.6 Å². The number of amides is 2. The van der Waals surface area contributed by atoms with Crippen LogP contribution in [0.15, 0.2) is 24.3 Å². The highest BCUT2D eigenvalue weighted by atomic mass is 35.5. The number of benzene rings is 1. The molecule has 0 fully saturated rings. The van der Waals surface area contributed by atoms with E-state index in [1.807, 2.05) is 6.07 Å². The van der Waals surface area contributed by atoms with Crippen molar-refractivity contribution in [2.75, 3.05) is 13.1 Å². The van der Waals surface area contributed by atoms with Crippen LogP contribution in [0.3, 0.4) is 0 Å². The van der Waals surface area contributed by atoms with Crippen molar-refractivity contribution in [1.29, 1.82) is 0 Å². The molecule has 0 aliphatic heterocycles. The van der Waals surface area contributed by atoms with Gasteiger partial charge in [-0.2, -0.15) is 0 Å². The normalized spacial score (nSPS) is 11.5. The van der Waals surface area contributed by atoms with Crippen LogP contribution in [0, 0.1) is 0 Å². The highest BCUT2D eigenvalue weighted by molar-refractivity contribution is 6.31. The molecular formula is C20H30ClN3O5. The summed E-state index contributed by atoms with van der Waals surface area (Å²) in [7, 11) is 0. The monoisotopic (exact) mass is 427 g/mol. The molecule has 0 saturated carbocycles. The molecule has 1 atom stereocenters. The number of nitrogens with two attached hydrogens (primary N) is 1. The van der Waals surface area contributed by atoms with Gasteiger partial charge in [-0.1, -0.05) is 36.2 Å². The van der Waals surface area contributed by atoms with Gasteiger partial charge >= 0.3 is 12.1 Å². The van der Waals surface area contributed by atoms with E-state index in [1.54, 1.807) is 18.2 Å². The lowest BCUT2D eigenvalue weighted by atomic mass is 10.1. The minimum absolute atomic E-state index is 0.104. The predicted molar refractivity (Wildman–Crippen MR) is 111 cm³/mol. The fourth-order valence-electron chi connectivity index (χ4n) is 2.54. The van der Waals surface area contributed by atoms with E-state index < -0.39 is 18.1 Å². The van der Waals surface area contributed by atoms with E-state index in [4.69, 9.17) is 27.2 Å². The molecule has 0 unspecified atom stereocenters. The topological polar surface area (TPSA) is 131 Å². The van der Waals surface area contributed by atoms with Crippen LogP contribution in [0.4, 0.5) is 4.79 Å². The van der Waals surface area contributed by atoms with Crippen molar-refractivity contribution in [3.05, 3.63) is 34.9 Å². The third-order valence-corrected chi connectivity index (χ3v) is 4.60. The summed E-state index contributed by atoms with van der Waals surface area (Å²) in [6.07, 6.45) is 3.60. The predicted octanol–water partition coefficient (Wildman–Crippen LogP) is 2.83. The molecule has 29 heavy (non-hydrogen) atoms. The molecule has 0 bridgehead atoms. The van der Waals surface area contributed by atoms with Gasteiger partial charge in [-0.05, 0) is 38.2 Å². The summed E-state index contributed by atoms with van der Waals surface area (Å²) in [6, 6.07) is 6.55. The van der Waals surface area contributed by atoms with E-state index in [1.165, 1.54) is 0 Å². The molecule has 1 aromatic carbocycles. The number of carboxylic acid groups (broad SMARTS) is 1. The van der Waals surface area contributed by atoms with Gasteiger partial charge in [-0.25, -0.2) is 4.79 Å². The summed E-state index contributed by atoms with van der Waals surface area (Å²) in [6.45, 7) is 1.02. The maximum atomic E-state index is 11.9. The van der Waals surface area contributed by atoms with Crippen molar-refractivity contribution in [3.63, 3.8) is 0 Å². The van der Waals surface area contributed by atoms with Gasteiger partial charge in [0.2, 0.25) is 5.91 Å². The van der Waals surface area contributed by atoms with Gasteiger partial charge < -0.3 is 26.2 Å². The van der Waals surface area contributed by atoms with Crippen molar-refractivity contribution in [2.45, 2.75) is 57.6 Å². The van der Waals surface area contributed by atoms with Gasteiger partial charge in [-0.15, -0.1) is 0 Å². The van der Waals surface area contributed by atoms with E-state index in [0.717, 1.165) is 18.4 Å². The second-order valence-corrected chi connectivity index (χ2v) is 7.10. The standard InChI is InChI=1S/C20H30ClN3O5/c21-16-9-4-3-8-15(16)14-29-20(28)24-13-7-5-10-17(22)19(27)23-12-6-1-2-11-18(25)26/h3-4,8-9,17H,1-2,5-7,10-14,22H2,(H,23,27)(H,24,28)(H,25,26)/t17-/m0/s1. The summed E-state index contributed by atoms with van der Waals surface area (Å²) in [4.78, 5) is 33.9. The zero-order chi connectivity index (χ0) is 21.5. The average molecular weight is 428 g/mol. The first kappa shape index (κ1) is 24.7. The molecule has 0 radical (unpaired) electrons. The van der Waals surface area contributed by atoms with Gasteiger partial charge in [0.15, 0.2) is 0 Å². The lowest BCUT2D eigenvalue weighted by Gasteiger charge is -2.12. The summed E-state index contributed by atoms with van der Waals surface area (Å²) in [5.74, 6) is -1.02. The minimum atomic E-state index is -0.806. The number of hydrogen-bond acceptors (Lipinski definition) is 5. The first-order valence-corrected chi connectivity index (χ1v) is 10.2. The van der Waals surface area contributed by atoms with Gasteiger partial charge in [0.25, 0.3) is 0 Å². The number of carbonyl (C=O) groups excluding carboxylic acids is 2. The number of aliphatic carboxylic acids is 1. The van der Waals surface area contributed by atoms with Crippen molar-refractivity contribution in [3.8, 4) is 0 Å². The Kier molecular flexibility index (Phi) is 12.5. The van der Waals surface area contributed by atoms with Crippen molar-refractivity contribution in [2.24, 2.45) is 5.73 Å². The SMILES string of the molecule is N[C@@H](CCCCNC(=O)OCc1ccccc1Cl)C(=O)NCCCCCC(=O)O. The largest absolute Gasteiger partial charge is 0.481 e. The molecule has 0 aromatic heterocycles. The highest BCUT2D eigenvalue weighted by Crippen LogP contribution is 2.15. The van der Waals surface area contributed by atoms with E-state index in [2.05, 4.69) is 10.6 Å². The third-order valence-electron chi connectivity index (χ3n) is 4.23. The molecule has 162 valence electrons. The van der Waals surface area contributed by atoms with Crippen molar-refractivity contribution < 1.29 is 24.2 Å². The molecule has 0 aliphatic rings. The Hall–Kier alpha value is -2.32. The Morgan fingerprint density at radius 2 is 1.72 bits per heavy atom. The quantitative estimate of drug-likeness (QED) is 0.338. The molecule has 0 aliphatic carbocycles. The van der Waals surface area contributed by atoms with Crippen LogP contribution in [0.5, 0.6) is 0 Å².